The molecule has 1 aromatic rings. The van der Waals surface area contributed by atoms with Gasteiger partial charge in [-0.1, -0.05) is 6.92 Å². The SMILES string of the molecule is CCC(CNC)OCc1ccco1. The molecule has 0 bridgehead atoms. The summed E-state index contributed by atoms with van der Waals surface area (Å²) < 4.78 is 10.8. The van der Waals surface area contributed by atoms with Crippen molar-refractivity contribution in [3.8, 4) is 0 Å². The third kappa shape index (κ3) is 3.61. The van der Waals surface area contributed by atoms with Crippen LogP contribution in [0.4, 0.5) is 0 Å². The van der Waals surface area contributed by atoms with Crippen LogP contribution in [0.25, 0.3) is 0 Å². The van der Waals surface area contributed by atoms with Gasteiger partial charge in [-0.2, -0.15) is 0 Å². The molecule has 0 aromatic carbocycles. The Balaban J connectivity index is 2.23. The van der Waals surface area contributed by atoms with E-state index in [1.807, 2.05) is 19.2 Å². The molecule has 0 aliphatic heterocycles. The van der Waals surface area contributed by atoms with Crippen molar-refractivity contribution >= 4 is 0 Å². The third-order valence-electron chi connectivity index (χ3n) is 1.93. The maximum atomic E-state index is 5.62. The molecule has 0 fully saturated rings. The Kier molecular flexibility index (Phi) is 4.57. The van der Waals surface area contributed by atoms with Crippen molar-refractivity contribution < 1.29 is 9.15 Å². The first-order valence-electron chi connectivity index (χ1n) is 4.65. The second-order valence-corrected chi connectivity index (χ2v) is 2.98. The molecule has 0 aliphatic rings. The average Bonchev–Trinajstić information content (AvgIpc) is 2.64. The molecule has 13 heavy (non-hydrogen) atoms. The molecular weight excluding hydrogens is 166 g/mol. The van der Waals surface area contributed by atoms with Crippen LogP contribution < -0.4 is 5.32 Å². The molecule has 0 saturated carbocycles. The fourth-order valence-corrected chi connectivity index (χ4v) is 1.14. The zero-order chi connectivity index (χ0) is 9.52. The summed E-state index contributed by atoms with van der Waals surface area (Å²) in [5.74, 6) is 0.884. The van der Waals surface area contributed by atoms with Crippen LogP contribution in [-0.2, 0) is 11.3 Å². The predicted octanol–water partition coefficient (Wildman–Crippen LogP) is 1.79. The van der Waals surface area contributed by atoms with Crippen molar-refractivity contribution in [3.05, 3.63) is 24.2 Å². The average molecular weight is 183 g/mol. The van der Waals surface area contributed by atoms with Gasteiger partial charge in [0, 0.05) is 6.54 Å². The molecule has 3 nitrogen and oxygen atoms in total. The zero-order valence-corrected chi connectivity index (χ0v) is 8.25. The van der Waals surface area contributed by atoms with E-state index in [9.17, 15) is 0 Å². The Morgan fingerprint density at radius 1 is 1.62 bits per heavy atom. The van der Waals surface area contributed by atoms with Crippen molar-refractivity contribution in [2.75, 3.05) is 13.6 Å². The highest BCUT2D eigenvalue weighted by Crippen LogP contribution is 2.05. The van der Waals surface area contributed by atoms with Crippen LogP contribution in [0.2, 0.25) is 0 Å². The molecule has 0 amide bonds. The highest BCUT2D eigenvalue weighted by atomic mass is 16.5. The standard InChI is InChI=1S/C10H17NO2/c1-3-9(7-11-2)13-8-10-5-4-6-12-10/h4-6,9,11H,3,7-8H2,1-2H3. The van der Waals surface area contributed by atoms with Gasteiger partial charge in [0.25, 0.3) is 0 Å². The van der Waals surface area contributed by atoms with Gasteiger partial charge in [0.05, 0.1) is 12.4 Å². The Morgan fingerprint density at radius 2 is 2.46 bits per heavy atom. The van der Waals surface area contributed by atoms with Crippen molar-refractivity contribution in [3.63, 3.8) is 0 Å². The third-order valence-corrected chi connectivity index (χ3v) is 1.93. The quantitative estimate of drug-likeness (QED) is 0.730. The van der Waals surface area contributed by atoms with Gasteiger partial charge in [-0.15, -0.1) is 0 Å². The van der Waals surface area contributed by atoms with E-state index in [1.54, 1.807) is 6.26 Å². The molecule has 3 heteroatoms. The van der Waals surface area contributed by atoms with Gasteiger partial charge in [0.15, 0.2) is 0 Å². The largest absolute Gasteiger partial charge is 0.467 e. The fraction of sp³-hybridized carbons (Fsp3) is 0.600. The number of hydrogen-bond acceptors (Lipinski definition) is 3. The summed E-state index contributed by atoms with van der Waals surface area (Å²) in [6.45, 7) is 3.56. The van der Waals surface area contributed by atoms with Crippen molar-refractivity contribution in [1.82, 2.24) is 5.32 Å². The summed E-state index contributed by atoms with van der Waals surface area (Å²) in [6, 6.07) is 3.80. The monoisotopic (exact) mass is 183 g/mol. The highest BCUT2D eigenvalue weighted by Gasteiger charge is 2.05. The van der Waals surface area contributed by atoms with Gasteiger partial charge >= 0.3 is 0 Å². The first-order valence-corrected chi connectivity index (χ1v) is 4.65. The van der Waals surface area contributed by atoms with Gasteiger partial charge in [-0.05, 0) is 25.6 Å². The zero-order valence-electron chi connectivity index (χ0n) is 8.25. The number of nitrogens with one attached hydrogen (secondary N) is 1. The van der Waals surface area contributed by atoms with E-state index in [-0.39, 0.29) is 6.10 Å². The van der Waals surface area contributed by atoms with Crippen LogP contribution >= 0.6 is 0 Å². The number of likely N-dealkylation sites (N-methyl/N-ethyl adjacent to an activating group) is 1. The van der Waals surface area contributed by atoms with E-state index >= 15 is 0 Å². The van der Waals surface area contributed by atoms with Gasteiger partial charge in [0.2, 0.25) is 0 Å². The minimum absolute atomic E-state index is 0.273. The lowest BCUT2D eigenvalue weighted by Gasteiger charge is -2.14. The van der Waals surface area contributed by atoms with Crippen molar-refractivity contribution in [2.24, 2.45) is 0 Å². The van der Waals surface area contributed by atoms with Crippen LogP contribution in [0.5, 0.6) is 0 Å². The molecule has 74 valence electrons. The topological polar surface area (TPSA) is 34.4 Å². The van der Waals surface area contributed by atoms with Crippen LogP contribution in [0, 0.1) is 0 Å². The fourth-order valence-electron chi connectivity index (χ4n) is 1.14. The molecule has 1 atom stereocenters. The Hall–Kier alpha value is -0.800. The molecule has 1 unspecified atom stereocenters. The lowest BCUT2D eigenvalue weighted by Crippen LogP contribution is -2.25. The molecule has 0 aliphatic carbocycles. The van der Waals surface area contributed by atoms with E-state index in [1.165, 1.54) is 0 Å². The Labute approximate surface area is 79.1 Å². The van der Waals surface area contributed by atoms with Gasteiger partial charge in [-0.3, -0.25) is 0 Å². The molecule has 1 aromatic heterocycles. The van der Waals surface area contributed by atoms with Crippen LogP contribution in [-0.4, -0.2) is 19.7 Å². The van der Waals surface area contributed by atoms with E-state index in [0.29, 0.717) is 6.61 Å². The lowest BCUT2D eigenvalue weighted by atomic mass is 10.3. The summed E-state index contributed by atoms with van der Waals surface area (Å²) in [4.78, 5) is 0. The lowest BCUT2D eigenvalue weighted by molar-refractivity contribution is 0.0302. The van der Waals surface area contributed by atoms with Crippen LogP contribution in [0.3, 0.4) is 0 Å². The molecule has 1 N–H and O–H groups in total. The number of rotatable bonds is 6. The molecular formula is C10H17NO2. The first kappa shape index (κ1) is 10.3. The van der Waals surface area contributed by atoms with Gasteiger partial charge < -0.3 is 14.5 Å². The van der Waals surface area contributed by atoms with E-state index < -0.39 is 0 Å². The summed E-state index contributed by atoms with van der Waals surface area (Å²) in [5, 5.41) is 3.09. The Morgan fingerprint density at radius 3 is 3.00 bits per heavy atom. The maximum absolute atomic E-state index is 5.62. The minimum Gasteiger partial charge on any atom is -0.467 e. The molecule has 1 heterocycles. The molecule has 0 radical (unpaired) electrons. The summed E-state index contributed by atoms with van der Waals surface area (Å²) in [6.07, 6.45) is 2.95. The number of ether oxygens (including phenoxy) is 1. The van der Waals surface area contributed by atoms with E-state index in [2.05, 4.69) is 12.2 Å². The normalized spacial score (nSPS) is 13.1. The van der Waals surface area contributed by atoms with Gasteiger partial charge in [-0.25, -0.2) is 0 Å². The predicted molar refractivity (Wildman–Crippen MR) is 51.5 cm³/mol. The molecule has 1 rings (SSSR count). The first-order chi connectivity index (χ1) is 6.36. The van der Waals surface area contributed by atoms with Crippen molar-refractivity contribution in [2.45, 2.75) is 26.1 Å². The summed E-state index contributed by atoms with van der Waals surface area (Å²) in [5.41, 5.74) is 0. The number of furan rings is 1. The molecule has 0 spiro atoms. The maximum Gasteiger partial charge on any atom is 0.129 e. The van der Waals surface area contributed by atoms with E-state index in [4.69, 9.17) is 9.15 Å². The number of hydrogen-bond donors (Lipinski definition) is 1. The van der Waals surface area contributed by atoms with Crippen molar-refractivity contribution in [1.29, 1.82) is 0 Å². The summed E-state index contributed by atoms with van der Waals surface area (Å²) >= 11 is 0. The summed E-state index contributed by atoms with van der Waals surface area (Å²) in [7, 11) is 1.93. The molecule has 0 saturated heterocycles. The smallest absolute Gasteiger partial charge is 0.129 e. The second kappa shape index (κ2) is 5.78. The highest BCUT2D eigenvalue weighted by molar-refractivity contribution is 4.96. The minimum atomic E-state index is 0.273. The second-order valence-electron chi connectivity index (χ2n) is 2.98. The van der Waals surface area contributed by atoms with Crippen LogP contribution in [0.1, 0.15) is 19.1 Å². The van der Waals surface area contributed by atoms with E-state index in [0.717, 1.165) is 18.7 Å². The van der Waals surface area contributed by atoms with Crippen LogP contribution in [0.15, 0.2) is 22.8 Å². The van der Waals surface area contributed by atoms with Gasteiger partial charge in [0.1, 0.15) is 12.4 Å². The Bertz CT molecular complexity index is 209.